The number of hydrogen-bond donors (Lipinski definition) is 2. The highest BCUT2D eigenvalue weighted by Crippen LogP contribution is 2.09. The van der Waals surface area contributed by atoms with Crippen LogP contribution in [0, 0.1) is 0 Å². The van der Waals surface area contributed by atoms with E-state index < -0.39 is 0 Å². The van der Waals surface area contributed by atoms with Crippen molar-refractivity contribution in [2.24, 2.45) is 4.99 Å². The Labute approximate surface area is 119 Å². The average Bonchev–Trinajstić information content (AvgIpc) is 2.69. The lowest BCUT2D eigenvalue weighted by molar-refractivity contribution is 0.282. The lowest BCUT2D eigenvalue weighted by atomic mass is 10.2. The van der Waals surface area contributed by atoms with Gasteiger partial charge in [0, 0.05) is 19.6 Å². The van der Waals surface area contributed by atoms with Gasteiger partial charge in [0.1, 0.15) is 0 Å². The molecule has 0 aromatic rings. The van der Waals surface area contributed by atoms with Crippen molar-refractivity contribution in [3.8, 4) is 0 Å². The summed E-state index contributed by atoms with van der Waals surface area (Å²) in [6.07, 6.45) is 7.91. The van der Waals surface area contributed by atoms with Crippen LogP contribution in [0.15, 0.2) is 4.99 Å². The Balaban J connectivity index is 2.13. The second kappa shape index (κ2) is 11.1. The van der Waals surface area contributed by atoms with Crippen molar-refractivity contribution in [2.75, 3.05) is 39.3 Å². The zero-order chi connectivity index (χ0) is 13.8. The first-order valence-electron chi connectivity index (χ1n) is 8.11. The number of likely N-dealkylation sites (tertiary alicyclic amines) is 1. The van der Waals surface area contributed by atoms with Crippen LogP contribution in [0.1, 0.15) is 52.4 Å². The topological polar surface area (TPSA) is 39.7 Å². The SMILES string of the molecule is CCCN=C(NCC)NCCCN1CCCCCC1. The maximum atomic E-state index is 4.51. The van der Waals surface area contributed by atoms with E-state index >= 15 is 0 Å². The van der Waals surface area contributed by atoms with Crippen LogP contribution in [0.5, 0.6) is 0 Å². The van der Waals surface area contributed by atoms with E-state index in [1.54, 1.807) is 0 Å². The van der Waals surface area contributed by atoms with Crippen LogP contribution in [0.3, 0.4) is 0 Å². The number of aliphatic imine (C=N–C) groups is 1. The minimum atomic E-state index is 0.904. The third-order valence-corrected chi connectivity index (χ3v) is 3.48. The van der Waals surface area contributed by atoms with Crippen LogP contribution < -0.4 is 10.6 Å². The summed E-state index contributed by atoms with van der Waals surface area (Å²) in [5, 5.41) is 6.71. The van der Waals surface area contributed by atoms with Gasteiger partial charge in [-0.3, -0.25) is 4.99 Å². The van der Waals surface area contributed by atoms with E-state index in [1.807, 2.05) is 0 Å². The largest absolute Gasteiger partial charge is 0.357 e. The van der Waals surface area contributed by atoms with E-state index in [2.05, 4.69) is 34.4 Å². The normalized spacial score (nSPS) is 18.1. The first kappa shape index (κ1) is 16.3. The molecule has 0 aromatic heterocycles. The number of guanidine groups is 1. The van der Waals surface area contributed by atoms with Crippen molar-refractivity contribution < 1.29 is 0 Å². The van der Waals surface area contributed by atoms with Gasteiger partial charge in [-0.05, 0) is 52.2 Å². The molecule has 0 aliphatic carbocycles. The van der Waals surface area contributed by atoms with Crippen molar-refractivity contribution in [1.29, 1.82) is 0 Å². The standard InChI is InChI=1S/C15H32N4/c1-3-10-17-15(16-4-2)18-11-9-14-19-12-7-5-6-8-13-19/h3-14H2,1-2H3,(H2,16,17,18). The molecule has 19 heavy (non-hydrogen) atoms. The van der Waals surface area contributed by atoms with Crippen molar-refractivity contribution in [2.45, 2.75) is 52.4 Å². The molecule has 1 aliphatic rings. The second-order valence-corrected chi connectivity index (χ2v) is 5.30. The van der Waals surface area contributed by atoms with Crippen LogP contribution in [-0.2, 0) is 0 Å². The molecular formula is C15H32N4. The zero-order valence-electron chi connectivity index (χ0n) is 12.9. The summed E-state index contributed by atoms with van der Waals surface area (Å²) in [5.41, 5.74) is 0. The molecule has 1 fully saturated rings. The lowest BCUT2D eigenvalue weighted by Gasteiger charge is -2.20. The number of nitrogens with zero attached hydrogens (tertiary/aromatic N) is 2. The van der Waals surface area contributed by atoms with Crippen molar-refractivity contribution in [1.82, 2.24) is 15.5 Å². The molecule has 0 saturated carbocycles. The molecule has 112 valence electrons. The van der Waals surface area contributed by atoms with Crippen molar-refractivity contribution in [3.05, 3.63) is 0 Å². The molecule has 1 heterocycles. The summed E-state index contributed by atoms with van der Waals surface area (Å²) in [4.78, 5) is 7.13. The van der Waals surface area contributed by atoms with Crippen LogP contribution in [0.2, 0.25) is 0 Å². The Bertz CT molecular complexity index is 232. The summed E-state index contributed by atoms with van der Waals surface area (Å²) < 4.78 is 0. The van der Waals surface area contributed by atoms with E-state index in [-0.39, 0.29) is 0 Å². The molecule has 0 unspecified atom stereocenters. The van der Waals surface area contributed by atoms with Gasteiger partial charge in [0.15, 0.2) is 5.96 Å². The molecule has 1 aliphatic heterocycles. The van der Waals surface area contributed by atoms with Gasteiger partial charge in [0.05, 0.1) is 0 Å². The summed E-state index contributed by atoms with van der Waals surface area (Å²) in [5.74, 6) is 0.972. The summed E-state index contributed by atoms with van der Waals surface area (Å²) in [7, 11) is 0. The number of nitrogens with one attached hydrogen (secondary N) is 2. The predicted octanol–water partition coefficient (Wildman–Crippen LogP) is 2.22. The van der Waals surface area contributed by atoms with Crippen molar-refractivity contribution in [3.63, 3.8) is 0 Å². The van der Waals surface area contributed by atoms with Gasteiger partial charge in [-0.15, -0.1) is 0 Å². The van der Waals surface area contributed by atoms with Gasteiger partial charge >= 0.3 is 0 Å². The Morgan fingerprint density at radius 3 is 2.42 bits per heavy atom. The van der Waals surface area contributed by atoms with E-state index in [4.69, 9.17) is 0 Å². The van der Waals surface area contributed by atoms with Gasteiger partial charge in [0.2, 0.25) is 0 Å². The highest BCUT2D eigenvalue weighted by atomic mass is 15.2. The van der Waals surface area contributed by atoms with Crippen LogP contribution in [-0.4, -0.2) is 50.1 Å². The molecule has 0 radical (unpaired) electrons. The molecule has 0 amide bonds. The quantitative estimate of drug-likeness (QED) is 0.422. The number of hydrogen-bond acceptors (Lipinski definition) is 2. The number of rotatable bonds is 7. The van der Waals surface area contributed by atoms with Crippen LogP contribution in [0.4, 0.5) is 0 Å². The zero-order valence-corrected chi connectivity index (χ0v) is 12.9. The smallest absolute Gasteiger partial charge is 0.191 e. The first-order valence-corrected chi connectivity index (χ1v) is 8.11. The summed E-state index contributed by atoms with van der Waals surface area (Å²) in [6, 6.07) is 0. The molecule has 4 heteroatoms. The Morgan fingerprint density at radius 1 is 1.05 bits per heavy atom. The van der Waals surface area contributed by atoms with Gasteiger partial charge in [-0.25, -0.2) is 0 Å². The van der Waals surface area contributed by atoms with Gasteiger partial charge < -0.3 is 15.5 Å². The van der Waals surface area contributed by atoms with Gasteiger partial charge in [-0.2, -0.15) is 0 Å². The highest BCUT2D eigenvalue weighted by Gasteiger charge is 2.07. The fraction of sp³-hybridized carbons (Fsp3) is 0.933. The third kappa shape index (κ3) is 8.09. The predicted molar refractivity (Wildman–Crippen MR) is 83.8 cm³/mol. The Morgan fingerprint density at radius 2 is 1.79 bits per heavy atom. The highest BCUT2D eigenvalue weighted by molar-refractivity contribution is 5.79. The molecule has 0 bridgehead atoms. The molecule has 0 aromatic carbocycles. The average molecular weight is 268 g/mol. The maximum Gasteiger partial charge on any atom is 0.191 e. The monoisotopic (exact) mass is 268 g/mol. The lowest BCUT2D eigenvalue weighted by Crippen LogP contribution is -2.39. The van der Waals surface area contributed by atoms with Crippen LogP contribution in [0.25, 0.3) is 0 Å². The molecule has 0 spiro atoms. The second-order valence-electron chi connectivity index (χ2n) is 5.30. The minimum Gasteiger partial charge on any atom is -0.357 e. The van der Waals surface area contributed by atoms with E-state index in [0.29, 0.717) is 0 Å². The van der Waals surface area contributed by atoms with Crippen LogP contribution >= 0.6 is 0 Å². The third-order valence-electron chi connectivity index (χ3n) is 3.48. The molecule has 2 N–H and O–H groups in total. The fourth-order valence-corrected chi connectivity index (χ4v) is 2.43. The molecule has 1 rings (SSSR count). The summed E-state index contributed by atoms with van der Waals surface area (Å²) in [6.45, 7) is 10.9. The fourth-order valence-electron chi connectivity index (χ4n) is 2.43. The van der Waals surface area contributed by atoms with E-state index in [9.17, 15) is 0 Å². The molecule has 0 atom stereocenters. The Kier molecular flexibility index (Phi) is 9.51. The molecular weight excluding hydrogens is 236 g/mol. The van der Waals surface area contributed by atoms with Crippen molar-refractivity contribution >= 4 is 5.96 Å². The summed E-state index contributed by atoms with van der Waals surface area (Å²) >= 11 is 0. The van der Waals surface area contributed by atoms with E-state index in [0.717, 1.165) is 32.0 Å². The Hall–Kier alpha value is -0.770. The van der Waals surface area contributed by atoms with Gasteiger partial charge in [-0.1, -0.05) is 19.8 Å². The maximum absolute atomic E-state index is 4.51. The first-order chi connectivity index (χ1) is 9.36. The minimum absolute atomic E-state index is 0.904. The molecule has 4 nitrogen and oxygen atoms in total. The molecule has 1 saturated heterocycles. The van der Waals surface area contributed by atoms with E-state index in [1.165, 1.54) is 51.7 Å². The van der Waals surface area contributed by atoms with Gasteiger partial charge in [0.25, 0.3) is 0 Å².